The largest absolute Gasteiger partial charge is 0.490 e. The van der Waals surface area contributed by atoms with Gasteiger partial charge in [-0.15, -0.1) is 11.8 Å². The lowest BCUT2D eigenvalue weighted by Crippen LogP contribution is -2.19. The molecule has 5 nitrogen and oxygen atoms in total. The highest BCUT2D eigenvalue weighted by molar-refractivity contribution is 14.1. The fourth-order valence-corrected chi connectivity index (χ4v) is 4.39. The van der Waals surface area contributed by atoms with Gasteiger partial charge in [0.05, 0.1) is 22.1 Å². The van der Waals surface area contributed by atoms with E-state index in [9.17, 15) is 4.79 Å². The van der Waals surface area contributed by atoms with Crippen LogP contribution in [-0.2, 0) is 11.4 Å². The van der Waals surface area contributed by atoms with Crippen molar-refractivity contribution in [3.05, 3.63) is 85.9 Å². The fourth-order valence-electron chi connectivity index (χ4n) is 2.80. The van der Waals surface area contributed by atoms with Gasteiger partial charge in [-0.3, -0.25) is 4.79 Å². The first kappa shape index (κ1) is 25.4. The number of hydrazone groups is 1. The molecule has 0 aliphatic heterocycles. The molecule has 0 atom stereocenters. The molecule has 3 aromatic rings. The van der Waals surface area contributed by atoms with Crippen LogP contribution in [0.2, 0.25) is 5.02 Å². The molecule has 3 rings (SSSR count). The zero-order chi connectivity index (χ0) is 23.6. The van der Waals surface area contributed by atoms with Gasteiger partial charge in [-0.05, 0) is 84.0 Å². The normalized spacial score (nSPS) is 10.9. The summed E-state index contributed by atoms with van der Waals surface area (Å²) in [6.45, 7) is 4.94. The average Bonchev–Trinajstić information content (AvgIpc) is 2.79. The van der Waals surface area contributed by atoms with Crippen LogP contribution in [0.3, 0.4) is 0 Å². The van der Waals surface area contributed by atoms with Crippen molar-refractivity contribution < 1.29 is 14.3 Å². The second-order valence-electron chi connectivity index (χ2n) is 7.07. The van der Waals surface area contributed by atoms with Crippen molar-refractivity contribution >= 4 is 58.1 Å². The highest BCUT2D eigenvalue weighted by atomic mass is 127. The van der Waals surface area contributed by atoms with Crippen LogP contribution in [0.5, 0.6) is 11.5 Å². The second kappa shape index (κ2) is 12.9. The van der Waals surface area contributed by atoms with Crippen LogP contribution in [0.25, 0.3) is 0 Å². The molecule has 0 unspecified atom stereocenters. The van der Waals surface area contributed by atoms with E-state index in [0.717, 1.165) is 19.6 Å². The van der Waals surface area contributed by atoms with Gasteiger partial charge in [0.15, 0.2) is 11.5 Å². The van der Waals surface area contributed by atoms with E-state index in [-0.39, 0.29) is 11.7 Å². The lowest BCUT2D eigenvalue weighted by molar-refractivity contribution is -0.118. The average molecular weight is 595 g/mol. The zero-order valence-electron chi connectivity index (χ0n) is 18.3. The molecular formula is C25H24ClIN2O3S. The van der Waals surface area contributed by atoms with Crippen LogP contribution in [0, 0.1) is 10.5 Å². The van der Waals surface area contributed by atoms with E-state index in [2.05, 4.69) is 64.3 Å². The summed E-state index contributed by atoms with van der Waals surface area (Å²) in [5.41, 5.74) is 5.66. The first-order chi connectivity index (χ1) is 15.9. The molecule has 0 spiro atoms. The molecule has 0 bridgehead atoms. The number of carbonyl (C=O) groups excluding carboxylic acids is 1. The first-order valence-electron chi connectivity index (χ1n) is 10.3. The van der Waals surface area contributed by atoms with E-state index in [0.29, 0.717) is 29.7 Å². The molecule has 0 radical (unpaired) electrons. The third-order valence-corrected chi connectivity index (χ3v) is 6.49. The summed E-state index contributed by atoms with van der Waals surface area (Å²) in [5, 5.41) is 4.75. The minimum Gasteiger partial charge on any atom is -0.490 e. The maximum atomic E-state index is 12.1. The molecule has 3 aromatic carbocycles. The Kier molecular flexibility index (Phi) is 9.90. The monoisotopic (exact) mass is 594 g/mol. The predicted octanol–water partition coefficient (Wildman–Crippen LogP) is 6.47. The van der Waals surface area contributed by atoms with E-state index in [4.69, 9.17) is 21.1 Å². The van der Waals surface area contributed by atoms with E-state index in [1.807, 2.05) is 31.2 Å². The van der Waals surface area contributed by atoms with E-state index >= 15 is 0 Å². The summed E-state index contributed by atoms with van der Waals surface area (Å²) >= 11 is 9.52. The summed E-state index contributed by atoms with van der Waals surface area (Å²) in [6, 6.07) is 19.4. The Morgan fingerprint density at radius 3 is 2.55 bits per heavy atom. The molecule has 1 N–H and O–H groups in total. The van der Waals surface area contributed by atoms with Gasteiger partial charge < -0.3 is 9.47 Å². The summed E-state index contributed by atoms with van der Waals surface area (Å²) < 4.78 is 12.8. The van der Waals surface area contributed by atoms with Gasteiger partial charge in [0.2, 0.25) is 5.91 Å². The number of nitrogens with one attached hydrogen (secondary N) is 1. The highest BCUT2D eigenvalue weighted by Gasteiger charge is 2.12. The Balaban J connectivity index is 1.60. The molecule has 0 saturated heterocycles. The maximum absolute atomic E-state index is 12.1. The minimum atomic E-state index is -0.191. The number of nitrogens with zero attached hydrogens (tertiary/aromatic N) is 1. The molecule has 33 heavy (non-hydrogen) atoms. The standard InChI is InChI=1S/C25H24ClIN2O3S/c1-3-31-23-13-19(12-22(27)25(23)32-15-18-6-4-17(2)5-7-18)14-28-29-24(30)16-33-21-10-8-20(26)9-11-21/h4-14H,3,15-16H2,1-2H3,(H,29,30)/b28-14-. The molecule has 0 aliphatic carbocycles. The smallest absolute Gasteiger partial charge is 0.250 e. The van der Waals surface area contributed by atoms with E-state index < -0.39 is 0 Å². The third kappa shape index (κ3) is 8.24. The van der Waals surface area contributed by atoms with Gasteiger partial charge in [-0.2, -0.15) is 5.10 Å². The molecule has 0 saturated carbocycles. The third-order valence-electron chi connectivity index (χ3n) is 4.42. The van der Waals surface area contributed by atoms with Gasteiger partial charge in [0.1, 0.15) is 6.61 Å². The number of rotatable bonds is 10. The molecule has 0 fully saturated rings. The fraction of sp³-hybridized carbons (Fsp3) is 0.200. The van der Waals surface area contributed by atoms with Crippen LogP contribution in [0.15, 0.2) is 70.7 Å². The molecular weight excluding hydrogens is 571 g/mol. The van der Waals surface area contributed by atoms with Crippen LogP contribution in [0.4, 0.5) is 0 Å². The molecule has 0 aromatic heterocycles. The second-order valence-corrected chi connectivity index (χ2v) is 9.72. The van der Waals surface area contributed by atoms with E-state index in [1.165, 1.54) is 17.3 Å². The number of aryl methyl sites for hydroxylation is 1. The maximum Gasteiger partial charge on any atom is 0.250 e. The van der Waals surface area contributed by atoms with E-state index in [1.54, 1.807) is 18.3 Å². The minimum absolute atomic E-state index is 0.191. The van der Waals surface area contributed by atoms with Crippen LogP contribution in [-0.4, -0.2) is 24.5 Å². The number of benzene rings is 3. The lowest BCUT2D eigenvalue weighted by Gasteiger charge is -2.15. The first-order valence-corrected chi connectivity index (χ1v) is 12.7. The number of ether oxygens (including phenoxy) is 2. The Morgan fingerprint density at radius 1 is 1.12 bits per heavy atom. The number of thioether (sulfide) groups is 1. The van der Waals surface area contributed by atoms with Crippen molar-refractivity contribution in [1.82, 2.24) is 5.43 Å². The molecule has 0 heterocycles. The van der Waals surface area contributed by atoms with Crippen LogP contribution in [0.1, 0.15) is 23.6 Å². The Hall–Kier alpha value is -2.23. The molecule has 172 valence electrons. The van der Waals surface area contributed by atoms with Crippen LogP contribution < -0.4 is 14.9 Å². The molecule has 0 aliphatic rings. The quantitative estimate of drug-likeness (QED) is 0.126. The predicted molar refractivity (Wildman–Crippen MR) is 144 cm³/mol. The van der Waals surface area contributed by atoms with Crippen molar-refractivity contribution in [2.45, 2.75) is 25.3 Å². The highest BCUT2D eigenvalue weighted by Crippen LogP contribution is 2.34. The van der Waals surface area contributed by atoms with Crippen molar-refractivity contribution in [1.29, 1.82) is 0 Å². The van der Waals surface area contributed by atoms with Crippen molar-refractivity contribution in [3.8, 4) is 11.5 Å². The number of halogens is 2. The number of carbonyl (C=O) groups is 1. The van der Waals surface area contributed by atoms with Crippen LogP contribution >= 0.6 is 46.0 Å². The van der Waals surface area contributed by atoms with Gasteiger partial charge in [-0.25, -0.2) is 5.43 Å². The topological polar surface area (TPSA) is 59.9 Å². The number of hydrogen-bond acceptors (Lipinski definition) is 5. The van der Waals surface area contributed by atoms with Crippen molar-refractivity contribution in [3.63, 3.8) is 0 Å². The summed E-state index contributed by atoms with van der Waals surface area (Å²) in [4.78, 5) is 13.1. The summed E-state index contributed by atoms with van der Waals surface area (Å²) in [5.74, 6) is 1.40. The summed E-state index contributed by atoms with van der Waals surface area (Å²) in [7, 11) is 0. The molecule has 1 amide bonds. The lowest BCUT2D eigenvalue weighted by atomic mass is 10.2. The SMILES string of the molecule is CCOc1cc(/C=N\NC(=O)CSc2ccc(Cl)cc2)cc(I)c1OCc1ccc(C)cc1. The zero-order valence-corrected chi connectivity index (χ0v) is 22.0. The Labute approximate surface area is 217 Å². The van der Waals surface area contributed by atoms with Crippen molar-refractivity contribution in [2.24, 2.45) is 5.10 Å². The van der Waals surface area contributed by atoms with Gasteiger partial charge in [-0.1, -0.05) is 41.4 Å². The Morgan fingerprint density at radius 2 is 1.85 bits per heavy atom. The van der Waals surface area contributed by atoms with Crippen molar-refractivity contribution in [2.75, 3.05) is 12.4 Å². The Bertz CT molecular complexity index is 1110. The summed E-state index contributed by atoms with van der Waals surface area (Å²) in [6.07, 6.45) is 1.60. The number of hydrogen-bond donors (Lipinski definition) is 1. The van der Waals surface area contributed by atoms with Gasteiger partial charge in [0, 0.05) is 9.92 Å². The molecule has 8 heteroatoms. The number of amides is 1. The van der Waals surface area contributed by atoms with Gasteiger partial charge in [0.25, 0.3) is 0 Å². The van der Waals surface area contributed by atoms with Gasteiger partial charge >= 0.3 is 0 Å².